The van der Waals surface area contributed by atoms with Gasteiger partial charge in [0, 0.05) is 30.1 Å². The second-order valence-corrected chi connectivity index (χ2v) is 7.22. The van der Waals surface area contributed by atoms with Crippen molar-refractivity contribution in [3.8, 4) is 22.5 Å². The molecule has 0 amide bonds. The van der Waals surface area contributed by atoms with Crippen LogP contribution in [-0.4, -0.2) is 47.3 Å². The molecule has 0 unspecified atom stereocenters. The standard InChI is InChI=1S/C22H21N9/c1-4-16-13-20(31-22(24-16)23-14(2)27-31)30(3)17-11-9-15(10-12-17)18-7-5-6-8-19(18)21-25-28-29-26-21/h5-13H,4H2,1-3H3,(H,25,26,28,29). The van der Waals surface area contributed by atoms with Crippen LogP contribution in [0, 0.1) is 6.92 Å². The Kier molecular flexibility index (Phi) is 4.62. The van der Waals surface area contributed by atoms with Gasteiger partial charge in [-0.15, -0.1) is 15.3 Å². The van der Waals surface area contributed by atoms with Gasteiger partial charge in [0.25, 0.3) is 5.78 Å². The molecule has 5 aromatic rings. The van der Waals surface area contributed by atoms with Crippen LogP contribution in [0.4, 0.5) is 11.5 Å². The Bertz CT molecular complexity index is 1340. The van der Waals surface area contributed by atoms with E-state index in [0.29, 0.717) is 17.4 Å². The molecule has 0 radical (unpaired) electrons. The monoisotopic (exact) mass is 411 g/mol. The van der Waals surface area contributed by atoms with Crippen molar-refractivity contribution in [2.75, 3.05) is 11.9 Å². The lowest BCUT2D eigenvalue weighted by Gasteiger charge is -2.21. The maximum absolute atomic E-state index is 4.58. The molecule has 5 rings (SSSR count). The Morgan fingerprint density at radius 3 is 2.48 bits per heavy atom. The Morgan fingerprint density at radius 2 is 1.77 bits per heavy atom. The van der Waals surface area contributed by atoms with Crippen LogP contribution in [-0.2, 0) is 6.42 Å². The van der Waals surface area contributed by atoms with Crippen LogP contribution in [0.2, 0.25) is 0 Å². The quantitative estimate of drug-likeness (QED) is 0.471. The molecular formula is C22H21N9. The van der Waals surface area contributed by atoms with E-state index in [1.807, 2.05) is 32.2 Å². The predicted octanol–water partition coefficient (Wildman–Crippen LogP) is 3.61. The number of H-pyrrole nitrogens is 1. The lowest BCUT2D eigenvalue weighted by Crippen LogP contribution is -2.15. The third-order valence-corrected chi connectivity index (χ3v) is 5.24. The minimum absolute atomic E-state index is 0.574. The van der Waals surface area contributed by atoms with Crippen LogP contribution in [0.25, 0.3) is 28.3 Å². The zero-order valence-corrected chi connectivity index (χ0v) is 17.5. The van der Waals surface area contributed by atoms with Crippen molar-refractivity contribution in [1.29, 1.82) is 0 Å². The molecule has 2 aromatic carbocycles. The van der Waals surface area contributed by atoms with Crippen molar-refractivity contribution in [3.63, 3.8) is 0 Å². The van der Waals surface area contributed by atoms with Crippen molar-refractivity contribution in [2.24, 2.45) is 0 Å². The predicted molar refractivity (Wildman–Crippen MR) is 118 cm³/mol. The van der Waals surface area contributed by atoms with Gasteiger partial charge in [-0.1, -0.05) is 43.3 Å². The summed E-state index contributed by atoms with van der Waals surface area (Å²) in [6.45, 7) is 3.96. The number of hydrogen-bond donors (Lipinski definition) is 1. The first-order valence-corrected chi connectivity index (χ1v) is 10.0. The molecule has 31 heavy (non-hydrogen) atoms. The third-order valence-electron chi connectivity index (χ3n) is 5.24. The van der Waals surface area contributed by atoms with Crippen molar-refractivity contribution in [2.45, 2.75) is 20.3 Å². The van der Waals surface area contributed by atoms with Gasteiger partial charge in [0.2, 0.25) is 5.82 Å². The summed E-state index contributed by atoms with van der Waals surface area (Å²) < 4.78 is 1.79. The number of anilines is 2. The summed E-state index contributed by atoms with van der Waals surface area (Å²) in [6.07, 6.45) is 0.828. The summed E-state index contributed by atoms with van der Waals surface area (Å²) in [5, 5.41) is 19.0. The number of benzene rings is 2. The van der Waals surface area contributed by atoms with E-state index in [9.17, 15) is 0 Å². The molecule has 154 valence electrons. The fourth-order valence-electron chi connectivity index (χ4n) is 3.62. The van der Waals surface area contributed by atoms with E-state index >= 15 is 0 Å². The highest BCUT2D eigenvalue weighted by Crippen LogP contribution is 2.32. The average Bonchev–Trinajstić information content (AvgIpc) is 3.47. The van der Waals surface area contributed by atoms with Crippen LogP contribution in [0.3, 0.4) is 0 Å². The molecule has 0 saturated carbocycles. The molecular weight excluding hydrogens is 390 g/mol. The van der Waals surface area contributed by atoms with Crippen molar-refractivity contribution in [1.82, 2.24) is 40.2 Å². The number of tetrazole rings is 1. The molecule has 1 N–H and O–H groups in total. The number of aryl methyl sites for hydroxylation is 2. The van der Waals surface area contributed by atoms with Gasteiger partial charge in [-0.3, -0.25) is 0 Å². The summed E-state index contributed by atoms with van der Waals surface area (Å²) in [5.74, 6) is 2.81. The minimum atomic E-state index is 0.574. The second-order valence-electron chi connectivity index (χ2n) is 7.22. The molecule has 0 saturated heterocycles. The van der Waals surface area contributed by atoms with Crippen LogP contribution in [0.15, 0.2) is 54.6 Å². The Hall–Kier alpha value is -4.14. The lowest BCUT2D eigenvalue weighted by molar-refractivity contribution is 0.877. The Morgan fingerprint density at radius 1 is 1.00 bits per heavy atom. The van der Waals surface area contributed by atoms with Gasteiger partial charge in [-0.2, -0.15) is 14.7 Å². The SMILES string of the molecule is CCc1cc(N(C)c2ccc(-c3ccccc3-c3nn[nH]n3)cc2)n2nc(C)nc2n1. The highest BCUT2D eigenvalue weighted by atomic mass is 15.5. The number of nitrogens with zero attached hydrogens (tertiary/aromatic N) is 8. The third kappa shape index (κ3) is 3.39. The fourth-order valence-corrected chi connectivity index (χ4v) is 3.62. The summed E-state index contributed by atoms with van der Waals surface area (Å²) in [4.78, 5) is 11.1. The first kappa shape index (κ1) is 18.9. The number of aromatic amines is 1. The molecule has 0 aliphatic carbocycles. The number of fused-ring (bicyclic) bond motifs is 1. The zero-order chi connectivity index (χ0) is 21.4. The van der Waals surface area contributed by atoms with Crippen molar-refractivity contribution < 1.29 is 0 Å². The van der Waals surface area contributed by atoms with Gasteiger partial charge in [-0.05, 0) is 41.8 Å². The van der Waals surface area contributed by atoms with Crippen molar-refractivity contribution >= 4 is 17.3 Å². The number of hydrogen-bond acceptors (Lipinski definition) is 7. The maximum Gasteiger partial charge on any atom is 0.254 e. The first-order valence-electron chi connectivity index (χ1n) is 10.0. The van der Waals surface area contributed by atoms with Crippen LogP contribution in [0.5, 0.6) is 0 Å². The summed E-state index contributed by atoms with van der Waals surface area (Å²) in [5.41, 5.74) is 5.06. The summed E-state index contributed by atoms with van der Waals surface area (Å²) in [6, 6.07) is 18.4. The second kappa shape index (κ2) is 7.60. The smallest absolute Gasteiger partial charge is 0.254 e. The van der Waals surface area contributed by atoms with E-state index in [-0.39, 0.29) is 0 Å². The van der Waals surface area contributed by atoms with Gasteiger partial charge in [0.1, 0.15) is 11.6 Å². The van der Waals surface area contributed by atoms with E-state index in [1.165, 1.54) is 0 Å². The summed E-state index contributed by atoms with van der Waals surface area (Å²) >= 11 is 0. The van der Waals surface area contributed by atoms with E-state index in [1.54, 1.807) is 4.52 Å². The normalized spacial score (nSPS) is 11.2. The van der Waals surface area contributed by atoms with E-state index in [2.05, 4.69) is 83.9 Å². The number of aromatic nitrogens is 8. The highest BCUT2D eigenvalue weighted by molar-refractivity contribution is 5.81. The molecule has 0 aliphatic rings. The molecule has 0 aliphatic heterocycles. The minimum Gasteiger partial charge on any atom is -0.329 e. The van der Waals surface area contributed by atoms with E-state index in [0.717, 1.165) is 40.3 Å². The van der Waals surface area contributed by atoms with Gasteiger partial charge in [0.05, 0.1) is 0 Å². The molecule has 0 atom stereocenters. The molecule has 0 fully saturated rings. The van der Waals surface area contributed by atoms with Crippen molar-refractivity contribution in [3.05, 3.63) is 66.1 Å². The fraction of sp³-hybridized carbons (Fsp3) is 0.182. The van der Waals surface area contributed by atoms with E-state index < -0.39 is 0 Å². The lowest BCUT2D eigenvalue weighted by atomic mass is 9.99. The molecule has 3 aromatic heterocycles. The molecule has 9 heteroatoms. The van der Waals surface area contributed by atoms with Gasteiger partial charge in [0.15, 0.2) is 0 Å². The highest BCUT2D eigenvalue weighted by Gasteiger charge is 2.15. The molecule has 0 bridgehead atoms. The maximum atomic E-state index is 4.58. The number of nitrogens with one attached hydrogen (secondary N) is 1. The summed E-state index contributed by atoms with van der Waals surface area (Å²) in [7, 11) is 2.02. The Balaban J connectivity index is 1.53. The topological polar surface area (TPSA) is 101 Å². The van der Waals surface area contributed by atoms with Crippen LogP contribution < -0.4 is 4.90 Å². The van der Waals surface area contributed by atoms with E-state index in [4.69, 9.17) is 0 Å². The first-order chi connectivity index (χ1) is 15.1. The van der Waals surface area contributed by atoms with Crippen LogP contribution in [0.1, 0.15) is 18.4 Å². The average molecular weight is 411 g/mol. The molecule has 3 heterocycles. The number of rotatable bonds is 5. The largest absolute Gasteiger partial charge is 0.329 e. The molecule has 9 nitrogen and oxygen atoms in total. The molecule has 0 spiro atoms. The Labute approximate surface area is 178 Å². The van der Waals surface area contributed by atoms with Gasteiger partial charge < -0.3 is 4.90 Å². The van der Waals surface area contributed by atoms with Gasteiger partial charge >= 0.3 is 0 Å². The van der Waals surface area contributed by atoms with Crippen LogP contribution >= 0.6 is 0 Å². The zero-order valence-electron chi connectivity index (χ0n) is 17.5. The van der Waals surface area contributed by atoms with Gasteiger partial charge in [-0.25, -0.2) is 4.98 Å².